The Hall–Kier alpha value is -5.00. The van der Waals surface area contributed by atoms with Gasteiger partial charge in [0.2, 0.25) is 11.8 Å². The number of aromatic nitrogens is 2. The maximum absolute atomic E-state index is 13.7. The number of carbonyl (C=O) groups is 4. The Morgan fingerprint density at radius 1 is 1.07 bits per heavy atom. The number of nitrogens with zero attached hydrogens (tertiary/aromatic N) is 3. The van der Waals surface area contributed by atoms with E-state index in [9.17, 15) is 19.2 Å². The van der Waals surface area contributed by atoms with Crippen LogP contribution in [-0.4, -0.2) is 77.4 Å². The fourth-order valence-electron chi connectivity index (χ4n) is 5.42. The molecule has 1 aromatic carbocycles. The summed E-state index contributed by atoms with van der Waals surface area (Å²) < 4.78 is 11.4. The van der Waals surface area contributed by atoms with Crippen LogP contribution in [0.5, 0.6) is 11.5 Å². The number of methoxy groups -OCH3 is 2. The van der Waals surface area contributed by atoms with Crippen LogP contribution >= 0.6 is 0 Å². The van der Waals surface area contributed by atoms with Gasteiger partial charge in [-0.2, -0.15) is 0 Å². The van der Waals surface area contributed by atoms with Crippen LogP contribution in [-0.2, 0) is 16.1 Å². The molecule has 3 heterocycles. The van der Waals surface area contributed by atoms with Gasteiger partial charge in [0.15, 0.2) is 11.5 Å². The van der Waals surface area contributed by atoms with Crippen molar-refractivity contribution >= 4 is 23.6 Å². The molecule has 1 fully saturated rings. The van der Waals surface area contributed by atoms with Gasteiger partial charge in [0.05, 0.1) is 19.8 Å². The van der Waals surface area contributed by atoms with E-state index in [0.29, 0.717) is 41.9 Å². The topological polar surface area (TPSA) is 152 Å². The Labute approximate surface area is 261 Å². The standard InChI is InChI=1S/C33H38N6O6/c1-20(2)13-26-30(41)36-11-12-39(31(42)25-7-5-6-10-35-25)19-21-14-24(28(45-4)27(15-21)44-3)22-16-23(18-34-17-22)29(40)38-33(8-9-33)32(43)37-26/h5-7,10,14-18,20,26H,8-9,11-13,19H2,1-4H3,(H,36,41)(H,37,43)(H,38,40)/t26-/m1/s1. The van der Waals surface area contributed by atoms with Crippen molar-refractivity contribution in [3.63, 3.8) is 0 Å². The number of benzene rings is 1. The lowest BCUT2D eigenvalue weighted by Gasteiger charge is -2.26. The summed E-state index contributed by atoms with van der Waals surface area (Å²) >= 11 is 0. The second-order valence-electron chi connectivity index (χ2n) is 11.8. The van der Waals surface area contributed by atoms with Gasteiger partial charge in [-0.05, 0) is 61.1 Å². The normalized spacial score (nSPS) is 18.3. The van der Waals surface area contributed by atoms with Crippen molar-refractivity contribution in [2.24, 2.45) is 5.92 Å². The van der Waals surface area contributed by atoms with Gasteiger partial charge >= 0.3 is 0 Å². The van der Waals surface area contributed by atoms with E-state index in [-0.39, 0.29) is 48.6 Å². The molecule has 12 nitrogen and oxygen atoms in total. The number of carbonyl (C=O) groups excluding carboxylic acids is 4. The molecule has 12 heteroatoms. The van der Waals surface area contributed by atoms with Crippen molar-refractivity contribution in [1.29, 1.82) is 0 Å². The summed E-state index contributed by atoms with van der Waals surface area (Å²) in [6, 6.07) is 9.60. The number of fused-ring (bicyclic) bond motifs is 5. The van der Waals surface area contributed by atoms with Crippen molar-refractivity contribution in [1.82, 2.24) is 30.8 Å². The summed E-state index contributed by atoms with van der Waals surface area (Å²) in [5, 5.41) is 8.65. The second kappa shape index (κ2) is 13.3. The highest BCUT2D eigenvalue weighted by Crippen LogP contribution is 2.40. The highest BCUT2D eigenvalue weighted by atomic mass is 16.5. The molecule has 1 atom stereocenters. The third-order valence-corrected chi connectivity index (χ3v) is 7.94. The van der Waals surface area contributed by atoms with E-state index in [1.54, 1.807) is 47.6 Å². The molecule has 3 aromatic rings. The van der Waals surface area contributed by atoms with Crippen LogP contribution in [0.2, 0.25) is 0 Å². The Morgan fingerprint density at radius 2 is 1.84 bits per heavy atom. The number of hydrogen-bond donors (Lipinski definition) is 3. The van der Waals surface area contributed by atoms with Crippen LogP contribution in [0.25, 0.3) is 11.1 Å². The Morgan fingerprint density at radius 3 is 2.51 bits per heavy atom. The van der Waals surface area contributed by atoms with Crippen LogP contribution in [0, 0.1) is 5.92 Å². The van der Waals surface area contributed by atoms with Gasteiger partial charge in [0, 0.05) is 49.4 Å². The molecule has 0 saturated heterocycles. The van der Waals surface area contributed by atoms with E-state index >= 15 is 0 Å². The van der Waals surface area contributed by atoms with Crippen molar-refractivity contribution in [3.05, 3.63) is 71.8 Å². The Balaban J connectivity index is 1.58. The largest absolute Gasteiger partial charge is 0.493 e. The third kappa shape index (κ3) is 7.05. The Kier molecular flexibility index (Phi) is 9.31. The molecule has 4 bridgehead atoms. The van der Waals surface area contributed by atoms with Gasteiger partial charge in [-0.15, -0.1) is 0 Å². The predicted molar refractivity (Wildman–Crippen MR) is 166 cm³/mol. The molecule has 1 saturated carbocycles. The molecular formula is C33H38N6O6. The minimum Gasteiger partial charge on any atom is -0.493 e. The predicted octanol–water partition coefficient (Wildman–Crippen LogP) is 2.73. The van der Waals surface area contributed by atoms with E-state index < -0.39 is 23.4 Å². The maximum Gasteiger partial charge on any atom is 0.272 e. The molecule has 236 valence electrons. The molecule has 1 aliphatic heterocycles. The summed E-state index contributed by atoms with van der Waals surface area (Å²) in [5.74, 6) is -0.587. The zero-order valence-electron chi connectivity index (χ0n) is 25.9. The number of pyridine rings is 2. The molecule has 2 aromatic heterocycles. The first-order chi connectivity index (χ1) is 21.6. The highest BCUT2D eigenvalue weighted by Gasteiger charge is 2.52. The average molecular weight is 615 g/mol. The smallest absolute Gasteiger partial charge is 0.272 e. The zero-order valence-corrected chi connectivity index (χ0v) is 25.9. The van der Waals surface area contributed by atoms with E-state index in [4.69, 9.17) is 9.47 Å². The summed E-state index contributed by atoms with van der Waals surface area (Å²) in [6.45, 7) is 4.38. The van der Waals surface area contributed by atoms with Gasteiger partial charge in [-0.25, -0.2) is 0 Å². The maximum atomic E-state index is 13.7. The van der Waals surface area contributed by atoms with Gasteiger partial charge in [-0.1, -0.05) is 19.9 Å². The van der Waals surface area contributed by atoms with E-state index in [1.807, 2.05) is 19.9 Å². The van der Waals surface area contributed by atoms with Gasteiger partial charge in [0.1, 0.15) is 17.3 Å². The van der Waals surface area contributed by atoms with Gasteiger partial charge in [0.25, 0.3) is 11.8 Å². The number of rotatable bonds is 5. The summed E-state index contributed by atoms with van der Waals surface area (Å²) in [5.41, 5.74) is 1.31. The molecular weight excluding hydrogens is 576 g/mol. The first-order valence-electron chi connectivity index (χ1n) is 15.0. The van der Waals surface area contributed by atoms with E-state index in [1.165, 1.54) is 20.4 Å². The average Bonchev–Trinajstić information content (AvgIpc) is 3.83. The van der Waals surface area contributed by atoms with Crippen LogP contribution in [0.15, 0.2) is 55.0 Å². The SMILES string of the molecule is COc1cc2cc(c1OC)-c1cncc(c1)C(=O)NC1(CC1)C(=O)N[C@H](CC(C)C)C(=O)NCCN(C(=O)c1ccccn1)C2. The van der Waals surface area contributed by atoms with E-state index in [0.717, 1.165) is 5.56 Å². The van der Waals surface area contributed by atoms with Crippen LogP contribution in [0.3, 0.4) is 0 Å². The molecule has 3 N–H and O–H groups in total. The minimum absolute atomic E-state index is 0.110. The number of nitrogens with one attached hydrogen (secondary N) is 3. The second-order valence-corrected chi connectivity index (χ2v) is 11.8. The molecule has 45 heavy (non-hydrogen) atoms. The van der Waals surface area contributed by atoms with Gasteiger partial charge < -0.3 is 30.3 Å². The first kappa shape index (κ1) is 31.4. The van der Waals surface area contributed by atoms with Crippen LogP contribution in [0.1, 0.15) is 59.5 Å². The highest BCUT2D eigenvalue weighted by molar-refractivity contribution is 6.02. The molecule has 5 rings (SSSR count). The Bertz CT molecular complexity index is 1590. The fraction of sp³-hybridized carbons (Fsp3) is 0.394. The lowest BCUT2D eigenvalue weighted by molar-refractivity contribution is -0.130. The minimum atomic E-state index is -1.11. The van der Waals surface area contributed by atoms with Gasteiger partial charge in [-0.3, -0.25) is 29.1 Å². The quantitative estimate of drug-likeness (QED) is 0.397. The van der Waals surface area contributed by atoms with Crippen LogP contribution in [0.4, 0.5) is 0 Å². The van der Waals surface area contributed by atoms with Crippen molar-refractivity contribution in [3.8, 4) is 22.6 Å². The zero-order chi connectivity index (χ0) is 32.1. The number of ether oxygens (including phenoxy) is 2. The molecule has 0 radical (unpaired) electrons. The first-order valence-corrected chi connectivity index (χ1v) is 15.0. The van der Waals surface area contributed by atoms with Crippen molar-refractivity contribution in [2.45, 2.75) is 51.2 Å². The molecule has 1 spiro atoms. The molecule has 0 unspecified atom stereocenters. The number of amides is 4. The summed E-state index contributed by atoms with van der Waals surface area (Å²) in [6.07, 6.45) is 5.89. The fourth-order valence-corrected chi connectivity index (χ4v) is 5.42. The van der Waals surface area contributed by atoms with Crippen molar-refractivity contribution < 1.29 is 28.7 Å². The summed E-state index contributed by atoms with van der Waals surface area (Å²) in [4.78, 5) is 64.1. The summed E-state index contributed by atoms with van der Waals surface area (Å²) in [7, 11) is 3.04. The monoisotopic (exact) mass is 614 g/mol. The lowest BCUT2D eigenvalue weighted by Crippen LogP contribution is -2.56. The molecule has 1 aliphatic carbocycles. The van der Waals surface area contributed by atoms with E-state index in [2.05, 4.69) is 25.9 Å². The lowest BCUT2D eigenvalue weighted by atomic mass is 10.00. The van der Waals surface area contributed by atoms with Crippen molar-refractivity contribution in [2.75, 3.05) is 27.3 Å². The molecule has 4 amide bonds. The third-order valence-electron chi connectivity index (χ3n) is 7.94. The number of hydrogen-bond acceptors (Lipinski definition) is 8. The van der Waals surface area contributed by atoms with Crippen LogP contribution < -0.4 is 25.4 Å². The molecule has 2 aliphatic rings.